The second-order valence-corrected chi connectivity index (χ2v) is 7.17. The van der Waals surface area contributed by atoms with Crippen LogP contribution in [0.5, 0.6) is 0 Å². The predicted molar refractivity (Wildman–Crippen MR) is 120 cm³/mol. The summed E-state index contributed by atoms with van der Waals surface area (Å²) in [6.45, 7) is 2.17. The number of carbonyl (C=O) groups is 1. The van der Waals surface area contributed by atoms with Gasteiger partial charge >= 0.3 is 11.1 Å². The van der Waals surface area contributed by atoms with Crippen molar-refractivity contribution >= 4 is 22.6 Å². The molecule has 0 bridgehead atoms. The van der Waals surface area contributed by atoms with Gasteiger partial charge in [0.1, 0.15) is 0 Å². The Morgan fingerprint density at radius 2 is 1.97 bits per heavy atom. The highest BCUT2D eigenvalue weighted by Crippen LogP contribution is 2.26. The number of benzene rings is 2. The second-order valence-electron chi connectivity index (χ2n) is 7.17. The van der Waals surface area contributed by atoms with E-state index < -0.39 is 11.1 Å². The number of H-pyrrole nitrogens is 1. The van der Waals surface area contributed by atoms with Crippen LogP contribution in [0.1, 0.15) is 17.5 Å². The number of fused-ring (bicyclic) bond motifs is 1. The molecule has 3 heterocycles. The molecule has 0 aliphatic rings. The number of aromatic nitrogens is 4. The molecule has 5 aromatic rings. The molecule has 0 fully saturated rings. The van der Waals surface area contributed by atoms with Gasteiger partial charge in [0.25, 0.3) is 11.8 Å². The molecule has 0 aliphatic heterocycles. The fourth-order valence-corrected chi connectivity index (χ4v) is 3.52. The Bertz CT molecular complexity index is 1590. The molecule has 0 radical (unpaired) electrons. The molecule has 0 atom stereocenters. The Hall–Kier alpha value is -4.73. The van der Waals surface area contributed by atoms with Crippen LogP contribution in [0.3, 0.4) is 0 Å². The van der Waals surface area contributed by atoms with Gasteiger partial charge in [0.05, 0.1) is 17.3 Å². The van der Waals surface area contributed by atoms with E-state index in [1.807, 2.05) is 0 Å². The quantitative estimate of drug-likeness (QED) is 0.398. The number of nitrogens with one attached hydrogen (secondary N) is 2. The SMILES string of the molecule is CCn1c(=O)c(=O)[nH]c2cc(-c3noc(-c4cccc(NC(=O)c5ccco5)c4)n3)ccc21. The van der Waals surface area contributed by atoms with Crippen molar-refractivity contribution in [2.24, 2.45) is 0 Å². The van der Waals surface area contributed by atoms with Crippen molar-refractivity contribution in [2.45, 2.75) is 13.5 Å². The van der Waals surface area contributed by atoms with Crippen molar-refractivity contribution in [1.82, 2.24) is 19.7 Å². The molecule has 0 saturated heterocycles. The molecule has 2 N–H and O–H groups in total. The summed E-state index contributed by atoms with van der Waals surface area (Å²) < 4.78 is 11.9. The molecule has 3 aromatic heterocycles. The van der Waals surface area contributed by atoms with E-state index in [9.17, 15) is 14.4 Å². The Kier molecular flexibility index (Phi) is 4.94. The average Bonchev–Trinajstić information content (AvgIpc) is 3.53. The third-order valence-electron chi connectivity index (χ3n) is 5.09. The van der Waals surface area contributed by atoms with Gasteiger partial charge in [-0.15, -0.1) is 0 Å². The van der Waals surface area contributed by atoms with Crippen molar-refractivity contribution in [3.05, 3.63) is 87.3 Å². The first-order valence-electron chi connectivity index (χ1n) is 10.1. The van der Waals surface area contributed by atoms with Crippen LogP contribution in [0.2, 0.25) is 0 Å². The van der Waals surface area contributed by atoms with E-state index >= 15 is 0 Å². The first-order chi connectivity index (χ1) is 16.0. The number of nitrogens with zero attached hydrogens (tertiary/aromatic N) is 3. The molecule has 0 spiro atoms. The standard InChI is InChI=1S/C23H17N5O5/c1-2-28-17-9-8-13(12-16(17)25-21(30)23(28)31)19-26-22(33-27-19)14-5-3-6-15(11-14)24-20(29)18-7-4-10-32-18/h3-12H,2H2,1H3,(H,24,29)(H,25,30). The minimum absolute atomic E-state index is 0.198. The highest BCUT2D eigenvalue weighted by Gasteiger charge is 2.15. The van der Waals surface area contributed by atoms with E-state index in [1.165, 1.54) is 10.8 Å². The summed E-state index contributed by atoms with van der Waals surface area (Å²) in [7, 11) is 0. The Morgan fingerprint density at radius 1 is 1.09 bits per heavy atom. The summed E-state index contributed by atoms with van der Waals surface area (Å²) in [5.41, 5.74) is 1.57. The number of hydrogen-bond donors (Lipinski definition) is 2. The third-order valence-corrected chi connectivity index (χ3v) is 5.09. The fourth-order valence-electron chi connectivity index (χ4n) is 3.52. The minimum atomic E-state index is -0.691. The Morgan fingerprint density at radius 3 is 2.76 bits per heavy atom. The van der Waals surface area contributed by atoms with Crippen molar-refractivity contribution in [1.29, 1.82) is 0 Å². The Balaban J connectivity index is 1.45. The van der Waals surface area contributed by atoms with Crippen LogP contribution >= 0.6 is 0 Å². The predicted octanol–water partition coefficient (Wildman–Crippen LogP) is 3.27. The van der Waals surface area contributed by atoms with Gasteiger partial charge in [-0.1, -0.05) is 11.2 Å². The van der Waals surface area contributed by atoms with Gasteiger partial charge in [0, 0.05) is 23.4 Å². The summed E-state index contributed by atoms with van der Waals surface area (Å²) >= 11 is 0. The van der Waals surface area contributed by atoms with Crippen LogP contribution in [-0.4, -0.2) is 25.6 Å². The maximum Gasteiger partial charge on any atom is 0.316 e. The maximum atomic E-state index is 12.2. The van der Waals surface area contributed by atoms with E-state index in [4.69, 9.17) is 8.94 Å². The van der Waals surface area contributed by atoms with Gasteiger partial charge in [0.15, 0.2) is 5.76 Å². The molecule has 0 aliphatic carbocycles. The lowest BCUT2D eigenvalue weighted by atomic mass is 10.1. The van der Waals surface area contributed by atoms with E-state index in [1.54, 1.807) is 61.5 Å². The van der Waals surface area contributed by atoms with Crippen molar-refractivity contribution in [2.75, 3.05) is 5.32 Å². The van der Waals surface area contributed by atoms with Crippen LogP contribution in [0.15, 0.2) is 79.4 Å². The lowest BCUT2D eigenvalue weighted by Gasteiger charge is -2.07. The summed E-state index contributed by atoms with van der Waals surface area (Å²) in [6.07, 6.45) is 1.43. The normalized spacial score (nSPS) is 11.1. The topological polar surface area (TPSA) is 136 Å². The smallest absolute Gasteiger partial charge is 0.316 e. The van der Waals surface area contributed by atoms with Gasteiger partial charge < -0.3 is 23.8 Å². The molecule has 10 heteroatoms. The first-order valence-corrected chi connectivity index (χ1v) is 10.1. The van der Waals surface area contributed by atoms with Crippen LogP contribution in [0.4, 0.5) is 5.69 Å². The van der Waals surface area contributed by atoms with Crippen LogP contribution in [-0.2, 0) is 6.54 Å². The number of aromatic amines is 1. The summed E-state index contributed by atoms with van der Waals surface area (Å²) in [5.74, 6) is 0.389. The number of amides is 1. The summed E-state index contributed by atoms with van der Waals surface area (Å²) in [6, 6.07) is 15.3. The summed E-state index contributed by atoms with van der Waals surface area (Å²) in [5, 5.41) is 6.78. The zero-order chi connectivity index (χ0) is 22.9. The van der Waals surface area contributed by atoms with Crippen molar-refractivity contribution in [3.63, 3.8) is 0 Å². The van der Waals surface area contributed by atoms with E-state index in [0.717, 1.165) is 0 Å². The molecule has 2 aromatic carbocycles. The molecule has 5 rings (SSSR count). The number of hydrogen-bond acceptors (Lipinski definition) is 7. The lowest BCUT2D eigenvalue weighted by molar-refractivity contribution is 0.0996. The maximum absolute atomic E-state index is 12.2. The van der Waals surface area contributed by atoms with Crippen LogP contribution in [0.25, 0.3) is 33.9 Å². The molecule has 164 valence electrons. The minimum Gasteiger partial charge on any atom is -0.459 e. The molecular formula is C23H17N5O5. The van der Waals surface area contributed by atoms with Gasteiger partial charge in [-0.3, -0.25) is 14.4 Å². The van der Waals surface area contributed by atoms with Crippen LogP contribution in [0, 0.1) is 0 Å². The Labute approximate surface area is 185 Å². The van der Waals surface area contributed by atoms with Gasteiger partial charge in [0.2, 0.25) is 5.82 Å². The number of aryl methyl sites for hydroxylation is 1. The van der Waals surface area contributed by atoms with E-state index in [-0.39, 0.29) is 17.6 Å². The van der Waals surface area contributed by atoms with E-state index in [0.29, 0.717) is 40.2 Å². The third kappa shape index (κ3) is 3.74. The molecule has 1 amide bonds. The molecular weight excluding hydrogens is 426 g/mol. The monoisotopic (exact) mass is 443 g/mol. The van der Waals surface area contributed by atoms with Gasteiger partial charge in [-0.2, -0.15) is 4.98 Å². The zero-order valence-electron chi connectivity index (χ0n) is 17.4. The van der Waals surface area contributed by atoms with Crippen molar-refractivity contribution < 1.29 is 13.7 Å². The zero-order valence-corrected chi connectivity index (χ0v) is 17.4. The number of carbonyl (C=O) groups excluding carboxylic acids is 1. The van der Waals surface area contributed by atoms with Gasteiger partial charge in [-0.05, 0) is 55.5 Å². The van der Waals surface area contributed by atoms with E-state index in [2.05, 4.69) is 20.4 Å². The number of rotatable bonds is 5. The number of anilines is 1. The number of furan rings is 1. The summed E-state index contributed by atoms with van der Waals surface area (Å²) in [4.78, 5) is 43.2. The molecule has 0 unspecified atom stereocenters. The molecule has 33 heavy (non-hydrogen) atoms. The second kappa shape index (κ2) is 8.08. The fraction of sp³-hybridized carbons (Fsp3) is 0.0870. The average molecular weight is 443 g/mol. The highest BCUT2D eigenvalue weighted by atomic mass is 16.5. The lowest BCUT2D eigenvalue weighted by Crippen LogP contribution is -2.35. The van der Waals surface area contributed by atoms with Crippen molar-refractivity contribution in [3.8, 4) is 22.8 Å². The first kappa shape index (κ1) is 20.2. The largest absolute Gasteiger partial charge is 0.459 e. The highest BCUT2D eigenvalue weighted by molar-refractivity contribution is 6.02. The molecule has 10 nitrogen and oxygen atoms in total. The van der Waals surface area contributed by atoms with Gasteiger partial charge in [-0.25, -0.2) is 0 Å². The van der Waals surface area contributed by atoms with Crippen LogP contribution < -0.4 is 16.4 Å². The molecule has 0 saturated carbocycles.